The molecule has 4 heteroatoms. The standard InChI is InChI=1S/C13H17F2NO/c1-13(2)3-4-16(8-13)7-9-5-10(14)12(17)11(15)6-9/h5-6,17H,3-4,7-8H2,1-2H3. The van der Waals surface area contributed by atoms with Gasteiger partial charge in [-0.15, -0.1) is 0 Å². The topological polar surface area (TPSA) is 23.5 Å². The summed E-state index contributed by atoms with van der Waals surface area (Å²) in [4.78, 5) is 2.17. The van der Waals surface area contributed by atoms with Crippen molar-refractivity contribution in [2.45, 2.75) is 26.8 Å². The van der Waals surface area contributed by atoms with E-state index in [0.29, 0.717) is 12.1 Å². The van der Waals surface area contributed by atoms with E-state index in [-0.39, 0.29) is 5.41 Å². The van der Waals surface area contributed by atoms with E-state index in [1.807, 2.05) is 0 Å². The highest BCUT2D eigenvalue weighted by molar-refractivity contribution is 5.30. The Labute approximate surface area is 99.9 Å². The van der Waals surface area contributed by atoms with Crippen LogP contribution in [-0.4, -0.2) is 23.1 Å². The van der Waals surface area contributed by atoms with E-state index >= 15 is 0 Å². The number of hydrogen-bond donors (Lipinski definition) is 1. The van der Waals surface area contributed by atoms with Crippen molar-refractivity contribution in [3.05, 3.63) is 29.3 Å². The van der Waals surface area contributed by atoms with Gasteiger partial charge in [-0.2, -0.15) is 0 Å². The van der Waals surface area contributed by atoms with Gasteiger partial charge < -0.3 is 5.11 Å². The molecule has 1 saturated heterocycles. The van der Waals surface area contributed by atoms with E-state index in [1.165, 1.54) is 12.1 Å². The number of phenols is 1. The molecule has 0 saturated carbocycles. The summed E-state index contributed by atoms with van der Waals surface area (Å²) < 4.78 is 26.3. The van der Waals surface area contributed by atoms with E-state index in [9.17, 15) is 8.78 Å². The molecule has 2 nitrogen and oxygen atoms in total. The van der Waals surface area contributed by atoms with Crippen LogP contribution in [0.4, 0.5) is 8.78 Å². The molecule has 94 valence electrons. The molecule has 2 rings (SSSR count). The molecule has 17 heavy (non-hydrogen) atoms. The van der Waals surface area contributed by atoms with Crippen molar-refractivity contribution in [3.8, 4) is 5.75 Å². The van der Waals surface area contributed by atoms with Gasteiger partial charge in [0.1, 0.15) is 0 Å². The third-order valence-corrected chi connectivity index (χ3v) is 3.24. The predicted octanol–water partition coefficient (Wildman–Crippen LogP) is 2.90. The molecule has 0 aromatic heterocycles. The summed E-state index contributed by atoms with van der Waals surface area (Å²) in [5, 5.41) is 9.01. The van der Waals surface area contributed by atoms with Crippen molar-refractivity contribution < 1.29 is 13.9 Å². The first-order valence-corrected chi connectivity index (χ1v) is 5.77. The first kappa shape index (κ1) is 12.3. The molecule has 0 spiro atoms. The lowest BCUT2D eigenvalue weighted by molar-refractivity contribution is 0.283. The summed E-state index contributed by atoms with van der Waals surface area (Å²) in [5.74, 6) is -2.67. The minimum Gasteiger partial charge on any atom is -0.503 e. The zero-order valence-electron chi connectivity index (χ0n) is 10.1. The molecule has 1 fully saturated rings. The maximum atomic E-state index is 13.2. The number of halogens is 2. The van der Waals surface area contributed by atoms with Crippen molar-refractivity contribution in [1.29, 1.82) is 0 Å². The van der Waals surface area contributed by atoms with Crippen molar-refractivity contribution in [2.24, 2.45) is 5.41 Å². The minimum atomic E-state index is -0.893. The summed E-state index contributed by atoms with van der Waals surface area (Å²) in [6.07, 6.45) is 1.09. The van der Waals surface area contributed by atoms with E-state index in [0.717, 1.165) is 19.5 Å². The Hall–Kier alpha value is -1.16. The molecule has 0 radical (unpaired) electrons. The lowest BCUT2D eigenvalue weighted by atomic mass is 9.93. The first-order valence-electron chi connectivity index (χ1n) is 5.77. The molecule has 1 aliphatic heterocycles. The van der Waals surface area contributed by atoms with Crippen molar-refractivity contribution in [1.82, 2.24) is 4.90 Å². The second-order valence-electron chi connectivity index (χ2n) is 5.53. The third-order valence-electron chi connectivity index (χ3n) is 3.24. The Morgan fingerprint density at radius 3 is 2.35 bits per heavy atom. The lowest BCUT2D eigenvalue weighted by Crippen LogP contribution is -2.23. The second kappa shape index (κ2) is 4.26. The van der Waals surface area contributed by atoms with E-state index in [4.69, 9.17) is 5.11 Å². The van der Waals surface area contributed by atoms with Crippen molar-refractivity contribution in [3.63, 3.8) is 0 Å². The molecule has 1 aromatic rings. The van der Waals surface area contributed by atoms with Crippen LogP contribution in [0.25, 0.3) is 0 Å². The van der Waals surface area contributed by atoms with Gasteiger partial charge in [0, 0.05) is 13.1 Å². The smallest absolute Gasteiger partial charge is 0.187 e. The monoisotopic (exact) mass is 241 g/mol. The Balaban J connectivity index is 2.10. The zero-order chi connectivity index (χ0) is 12.6. The number of likely N-dealkylation sites (tertiary alicyclic amines) is 1. The van der Waals surface area contributed by atoms with Crippen LogP contribution >= 0.6 is 0 Å². The van der Waals surface area contributed by atoms with Crippen LogP contribution in [0.1, 0.15) is 25.8 Å². The second-order valence-corrected chi connectivity index (χ2v) is 5.53. The van der Waals surface area contributed by atoms with Crippen LogP contribution in [0.5, 0.6) is 5.75 Å². The fourth-order valence-electron chi connectivity index (χ4n) is 2.33. The maximum Gasteiger partial charge on any atom is 0.187 e. The Morgan fingerprint density at radius 1 is 1.29 bits per heavy atom. The van der Waals surface area contributed by atoms with Gasteiger partial charge in [-0.05, 0) is 36.1 Å². The molecule has 1 N–H and O–H groups in total. The number of aromatic hydroxyl groups is 1. The van der Waals surface area contributed by atoms with Gasteiger partial charge in [-0.3, -0.25) is 4.90 Å². The van der Waals surface area contributed by atoms with Crippen LogP contribution in [0.2, 0.25) is 0 Å². The molecule has 0 aliphatic carbocycles. The highest BCUT2D eigenvalue weighted by Gasteiger charge is 2.29. The molecule has 1 aromatic carbocycles. The van der Waals surface area contributed by atoms with E-state index in [2.05, 4.69) is 18.7 Å². The Bertz CT molecular complexity index is 408. The van der Waals surface area contributed by atoms with Gasteiger partial charge in [0.15, 0.2) is 17.4 Å². The van der Waals surface area contributed by atoms with Crippen LogP contribution in [0.15, 0.2) is 12.1 Å². The third kappa shape index (κ3) is 2.75. The van der Waals surface area contributed by atoms with Gasteiger partial charge in [-0.1, -0.05) is 13.8 Å². The maximum absolute atomic E-state index is 13.2. The van der Waals surface area contributed by atoms with Crippen LogP contribution in [0.3, 0.4) is 0 Å². The summed E-state index contributed by atoms with van der Waals surface area (Å²) in [6.45, 7) is 6.77. The largest absolute Gasteiger partial charge is 0.503 e. The van der Waals surface area contributed by atoms with Crippen LogP contribution in [-0.2, 0) is 6.54 Å². The first-order chi connectivity index (χ1) is 7.87. The summed E-state index contributed by atoms with van der Waals surface area (Å²) in [5.41, 5.74) is 0.837. The normalized spacial score (nSPS) is 19.8. The molecule has 0 bridgehead atoms. The molecule has 1 heterocycles. The molecular formula is C13H17F2NO. The summed E-state index contributed by atoms with van der Waals surface area (Å²) >= 11 is 0. The number of nitrogens with zero attached hydrogens (tertiary/aromatic N) is 1. The zero-order valence-corrected chi connectivity index (χ0v) is 10.1. The van der Waals surface area contributed by atoms with Gasteiger partial charge in [-0.25, -0.2) is 8.78 Å². The summed E-state index contributed by atoms with van der Waals surface area (Å²) in [7, 11) is 0. The Kier molecular flexibility index (Phi) is 3.08. The number of phenolic OH excluding ortho intramolecular Hbond substituents is 1. The van der Waals surface area contributed by atoms with E-state index in [1.54, 1.807) is 0 Å². The van der Waals surface area contributed by atoms with Crippen molar-refractivity contribution in [2.75, 3.05) is 13.1 Å². The average molecular weight is 241 g/mol. The minimum absolute atomic E-state index is 0.272. The molecule has 0 unspecified atom stereocenters. The summed E-state index contributed by atoms with van der Waals surface area (Å²) in [6, 6.07) is 2.40. The van der Waals surface area contributed by atoms with Gasteiger partial charge in [0.05, 0.1) is 0 Å². The SMILES string of the molecule is CC1(C)CCN(Cc2cc(F)c(O)c(F)c2)C1. The predicted molar refractivity (Wildman–Crippen MR) is 61.7 cm³/mol. The molecule has 1 aliphatic rings. The van der Waals surface area contributed by atoms with Gasteiger partial charge in [0.2, 0.25) is 0 Å². The number of rotatable bonds is 2. The molecule has 0 atom stereocenters. The van der Waals surface area contributed by atoms with Crippen molar-refractivity contribution >= 4 is 0 Å². The van der Waals surface area contributed by atoms with Gasteiger partial charge in [0.25, 0.3) is 0 Å². The lowest BCUT2D eigenvalue weighted by Gasteiger charge is -2.19. The highest BCUT2D eigenvalue weighted by Crippen LogP contribution is 2.30. The van der Waals surface area contributed by atoms with E-state index < -0.39 is 17.4 Å². The number of benzene rings is 1. The van der Waals surface area contributed by atoms with Gasteiger partial charge >= 0.3 is 0 Å². The number of hydrogen-bond acceptors (Lipinski definition) is 2. The van der Waals surface area contributed by atoms with Crippen LogP contribution in [0, 0.1) is 17.0 Å². The molecule has 0 amide bonds. The average Bonchev–Trinajstić information content (AvgIpc) is 2.54. The fraction of sp³-hybridized carbons (Fsp3) is 0.538. The highest BCUT2D eigenvalue weighted by atomic mass is 19.1. The Morgan fingerprint density at radius 2 is 1.88 bits per heavy atom. The van der Waals surface area contributed by atoms with Crippen LogP contribution < -0.4 is 0 Å². The fourth-order valence-corrected chi connectivity index (χ4v) is 2.33. The molecular weight excluding hydrogens is 224 g/mol. The quantitative estimate of drug-likeness (QED) is 0.860.